The van der Waals surface area contributed by atoms with Crippen LogP contribution >= 0.6 is 0 Å². The monoisotopic (exact) mass is 294 g/mol. The van der Waals surface area contributed by atoms with Gasteiger partial charge in [0.2, 0.25) is 0 Å². The summed E-state index contributed by atoms with van der Waals surface area (Å²) < 4.78 is 13.9. The first-order valence-corrected chi connectivity index (χ1v) is 8.04. The Bertz CT molecular complexity index is 651. The number of hydrogen-bond acceptors (Lipinski definition) is 3. The lowest BCUT2D eigenvalue weighted by Crippen LogP contribution is -2.18. The normalized spacial score (nSPS) is 14.3. The zero-order chi connectivity index (χ0) is 14.7. The van der Waals surface area contributed by atoms with E-state index in [1.54, 1.807) is 6.92 Å². The molecule has 0 bridgehead atoms. The van der Waals surface area contributed by atoms with Crippen LogP contribution in [0.4, 0.5) is 0 Å². The van der Waals surface area contributed by atoms with Gasteiger partial charge in [0.1, 0.15) is 0 Å². The second-order valence-corrected chi connectivity index (χ2v) is 6.27. The van der Waals surface area contributed by atoms with Gasteiger partial charge in [-0.05, 0) is 13.0 Å². The molecule has 0 saturated carbocycles. The minimum atomic E-state index is -1.22. The predicted molar refractivity (Wildman–Crippen MR) is 78.9 cm³/mol. The number of hydrogen-bond donors (Lipinski definition) is 1. The van der Waals surface area contributed by atoms with Gasteiger partial charge >= 0.3 is 5.97 Å². The Morgan fingerprint density at radius 3 is 2.80 bits per heavy atom. The third-order valence-electron chi connectivity index (χ3n) is 3.19. The molecule has 0 aliphatic heterocycles. The Kier molecular flexibility index (Phi) is 4.54. The molecule has 2 aromatic rings. The van der Waals surface area contributed by atoms with E-state index in [9.17, 15) is 9.00 Å². The molecule has 6 heteroatoms. The van der Waals surface area contributed by atoms with Crippen molar-refractivity contribution in [1.82, 2.24) is 9.78 Å². The number of rotatable bonds is 6. The number of benzene rings is 1. The third kappa shape index (κ3) is 3.07. The number of carbonyl (C=O) groups is 1. The largest absolute Gasteiger partial charge is 0.481 e. The van der Waals surface area contributed by atoms with Gasteiger partial charge in [-0.1, -0.05) is 25.1 Å². The van der Waals surface area contributed by atoms with Gasteiger partial charge in [-0.2, -0.15) is 5.10 Å². The predicted octanol–water partition coefficient (Wildman–Crippen LogP) is 2.03. The van der Waals surface area contributed by atoms with Gasteiger partial charge in [-0.3, -0.25) is 13.7 Å². The number of carboxylic acids is 1. The lowest BCUT2D eigenvalue weighted by atomic mass is 10.2. The maximum absolute atomic E-state index is 12.1. The fourth-order valence-corrected chi connectivity index (χ4v) is 3.44. The summed E-state index contributed by atoms with van der Waals surface area (Å²) in [6.45, 7) is 4.33. The summed E-state index contributed by atoms with van der Waals surface area (Å²) >= 11 is 0. The fraction of sp³-hybridized carbons (Fsp3) is 0.429. The van der Waals surface area contributed by atoms with Crippen LogP contribution in [0.25, 0.3) is 10.9 Å². The highest BCUT2D eigenvalue weighted by molar-refractivity contribution is 7.84. The molecule has 2 atom stereocenters. The number of para-hydroxylation sites is 1. The first kappa shape index (κ1) is 14.7. The number of fused-ring (bicyclic) bond motifs is 1. The summed E-state index contributed by atoms with van der Waals surface area (Å²) in [5, 5.41) is 14.3. The molecule has 1 aromatic carbocycles. The lowest BCUT2D eigenvalue weighted by Gasteiger charge is -2.04. The zero-order valence-electron chi connectivity index (χ0n) is 11.6. The first-order valence-electron chi connectivity index (χ1n) is 6.55. The molecule has 5 nitrogen and oxygen atoms in total. The molecule has 1 N–H and O–H groups in total. The topological polar surface area (TPSA) is 72.2 Å². The molecule has 0 aliphatic rings. The van der Waals surface area contributed by atoms with Gasteiger partial charge < -0.3 is 5.11 Å². The van der Waals surface area contributed by atoms with E-state index in [0.717, 1.165) is 23.1 Å². The van der Waals surface area contributed by atoms with Gasteiger partial charge in [0, 0.05) is 28.5 Å². The van der Waals surface area contributed by atoms with E-state index in [-0.39, 0.29) is 5.75 Å². The molecule has 0 spiro atoms. The van der Waals surface area contributed by atoms with E-state index in [1.807, 2.05) is 35.9 Å². The number of nitrogens with zero attached hydrogens (tertiary/aromatic N) is 2. The average molecular weight is 294 g/mol. The van der Waals surface area contributed by atoms with Gasteiger partial charge in [-0.15, -0.1) is 0 Å². The second kappa shape index (κ2) is 6.17. The highest BCUT2D eigenvalue weighted by Crippen LogP contribution is 2.20. The van der Waals surface area contributed by atoms with Crippen molar-refractivity contribution >= 4 is 27.7 Å². The van der Waals surface area contributed by atoms with Crippen LogP contribution in [0.2, 0.25) is 0 Å². The van der Waals surface area contributed by atoms with Crippen molar-refractivity contribution in [3.63, 3.8) is 0 Å². The van der Waals surface area contributed by atoms with Crippen LogP contribution in [0.5, 0.6) is 0 Å². The Morgan fingerprint density at radius 1 is 1.45 bits per heavy atom. The molecule has 0 aliphatic carbocycles. The second-order valence-electron chi connectivity index (χ2n) is 4.77. The Morgan fingerprint density at radius 2 is 2.15 bits per heavy atom. The van der Waals surface area contributed by atoms with Crippen LogP contribution in [0.15, 0.2) is 24.3 Å². The molecular formula is C14H18N2O3S. The van der Waals surface area contributed by atoms with Crippen LogP contribution < -0.4 is 0 Å². The molecule has 0 saturated heterocycles. The van der Waals surface area contributed by atoms with Crippen molar-refractivity contribution in [1.29, 1.82) is 0 Å². The average Bonchev–Trinajstić information content (AvgIpc) is 2.77. The van der Waals surface area contributed by atoms with Crippen molar-refractivity contribution in [2.75, 3.05) is 5.75 Å². The SMILES string of the molecule is CCn1nc(CS(=O)CC(C)C(=O)O)c2ccccc21. The molecule has 0 radical (unpaired) electrons. The van der Waals surface area contributed by atoms with E-state index in [4.69, 9.17) is 5.11 Å². The minimum absolute atomic E-state index is 0.155. The van der Waals surface area contributed by atoms with Crippen LogP contribution in [-0.2, 0) is 27.9 Å². The highest BCUT2D eigenvalue weighted by Gasteiger charge is 2.17. The van der Waals surface area contributed by atoms with Crippen LogP contribution in [0, 0.1) is 5.92 Å². The van der Waals surface area contributed by atoms with Crippen molar-refractivity contribution in [2.45, 2.75) is 26.1 Å². The molecule has 0 amide bonds. The maximum Gasteiger partial charge on any atom is 0.307 e. The molecule has 0 fully saturated rings. The van der Waals surface area contributed by atoms with Crippen molar-refractivity contribution < 1.29 is 14.1 Å². The van der Waals surface area contributed by atoms with Crippen LogP contribution in [0.3, 0.4) is 0 Å². The Labute approximate surface area is 120 Å². The number of aromatic nitrogens is 2. The first-order chi connectivity index (χ1) is 9.52. The maximum atomic E-state index is 12.1. The molecule has 1 aromatic heterocycles. The number of carboxylic acid groups (broad SMARTS) is 1. The van der Waals surface area contributed by atoms with E-state index in [2.05, 4.69) is 5.10 Å². The van der Waals surface area contributed by atoms with Gasteiger partial charge in [0.05, 0.1) is 22.9 Å². The van der Waals surface area contributed by atoms with Crippen molar-refractivity contribution in [3.8, 4) is 0 Å². The molecule has 108 valence electrons. The quantitative estimate of drug-likeness (QED) is 0.884. The van der Waals surface area contributed by atoms with E-state index >= 15 is 0 Å². The van der Waals surface area contributed by atoms with Gasteiger partial charge in [0.25, 0.3) is 0 Å². The molecule has 2 unspecified atom stereocenters. The minimum Gasteiger partial charge on any atom is -0.481 e. The van der Waals surface area contributed by atoms with Gasteiger partial charge in [-0.25, -0.2) is 0 Å². The lowest BCUT2D eigenvalue weighted by molar-refractivity contribution is -0.140. The van der Waals surface area contributed by atoms with Gasteiger partial charge in [0.15, 0.2) is 0 Å². The Hall–Kier alpha value is -1.69. The number of aliphatic carboxylic acids is 1. The Balaban J connectivity index is 2.21. The third-order valence-corrected chi connectivity index (χ3v) is 4.66. The summed E-state index contributed by atoms with van der Waals surface area (Å²) in [4.78, 5) is 10.8. The summed E-state index contributed by atoms with van der Waals surface area (Å²) in [7, 11) is -1.22. The van der Waals surface area contributed by atoms with Crippen molar-refractivity contribution in [2.24, 2.45) is 5.92 Å². The number of aryl methyl sites for hydroxylation is 1. The van der Waals surface area contributed by atoms with Crippen LogP contribution in [-0.4, -0.2) is 30.8 Å². The van der Waals surface area contributed by atoms with E-state index in [1.165, 1.54) is 0 Å². The molecule has 20 heavy (non-hydrogen) atoms. The van der Waals surface area contributed by atoms with Crippen LogP contribution in [0.1, 0.15) is 19.5 Å². The van der Waals surface area contributed by atoms with E-state index < -0.39 is 22.7 Å². The summed E-state index contributed by atoms with van der Waals surface area (Å²) in [5.74, 6) is -1.06. The van der Waals surface area contributed by atoms with E-state index in [0.29, 0.717) is 5.75 Å². The smallest absolute Gasteiger partial charge is 0.307 e. The summed E-state index contributed by atoms with van der Waals surface area (Å²) in [6, 6.07) is 7.82. The summed E-state index contributed by atoms with van der Waals surface area (Å²) in [6.07, 6.45) is 0. The standard InChI is InChI=1S/C14H18N2O3S/c1-3-16-13-7-5-4-6-11(13)12(15-16)9-20(19)8-10(2)14(17)18/h4-7,10H,3,8-9H2,1-2H3,(H,17,18). The molecule has 1 heterocycles. The van der Waals surface area contributed by atoms with Crippen molar-refractivity contribution in [3.05, 3.63) is 30.0 Å². The summed E-state index contributed by atoms with van der Waals surface area (Å²) in [5.41, 5.74) is 1.80. The fourth-order valence-electron chi connectivity index (χ4n) is 2.11. The molecule has 2 rings (SSSR count). The zero-order valence-corrected chi connectivity index (χ0v) is 12.4. The highest BCUT2D eigenvalue weighted by atomic mass is 32.2. The molecular weight excluding hydrogens is 276 g/mol.